The molecule has 0 aliphatic carbocycles. The van der Waals surface area contributed by atoms with E-state index < -0.39 is 0 Å². The molecule has 0 bridgehead atoms. The molecule has 23 heavy (non-hydrogen) atoms. The van der Waals surface area contributed by atoms with Crippen molar-refractivity contribution in [3.8, 4) is 11.5 Å². The number of benzene rings is 1. The fourth-order valence-electron chi connectivity index (χ4n) is 2.03. The molecule has 1 aliphatic rings. The van der Waals surface area contributed by atoms with Gasteiger partial charge in [0.2, 0.25) is 6.79 Å². The standard InChI is InChI=1S/C16H15BrN2O3S/c1-9(2)15-4-11(7-23-15)16(20)19-18-6-10-3-13-14(5-12(10)17)22-8-21-13/h3-7,9H,8H2,1-2H3,(H,19,20)/b18-6+. The van der Waals surface area contributed by atoms with Gasteiger partial charge in [-0.3, -0.25) is 4.79 Å². The second kappa shape index (κ2) is 6.72. The molecule has 0 radical (unpaired) electrons. The van der Waals surface area contributed by atoms with Gasteiger partial charge in [0.25, 0.3) is 5.91 Å². The third-order valence-electron chi connectivity index (χ3n) is 3.31. The van der Waals surface area contributed by atoms with Crippen molar-refractivity contribution in [1.82, 2.24) is 5.43 Å². The van der Waals surface area contributed by atoms with Crippen LogP contribution in [0.2, 0.25) is 0 Å². The zero-order valence-corrected chi connectivity index (χ0v) is 15.0. The molecule has 5 nitrogen and oxygen atoms in total. The molecule has 0 spiro atoms. The molecule has 0 fully saturated rings. The Hall–Kier alpha value is -1.86. The summed E-state index contributed by atoms with van der Waals surface area (Å²) in [4.78, 5) is 13.2. The minimum Gasteiger partial charge on any atom is -0.454 e. The summed E-state index contributed by atoms with van der Waals surface area (Å²) in [6.07, 6.45) is 1.57. The number of carbonyl (C=O) groups excluding carboxylic acids is 1. The Kier molecular flexibility index (Phi) is 4.68. The number of hydrogen-bond donors (Lipinski definition) is 1. The Morgan fingerprint density at radius 3 is 2.78 bits per heavy atom. The minimum atomic E-state index is -0.221. The third kappa shape index (κ3) is 3.56. The van der Waals surface area contributed by atoms with Crippen LogP contribution in [0.1, 0.15) is 40.6 Å². The van der Waals surface area contributed by atoms with Gasteiger partial charge in [-0.15, -0.1) is 11.3 Å². The monoisotopic (exact) mass is 394 g/mol. The lowest BCUT2D eigenvalue weighted by atomic mass is 10.1. The highest BCUT2D eigenvalue weighted by atomic mass is 79.9. The van der Waals surface area contributed by atoms with Crippen LogP contribution in [0.25, 0.3) is 0 Å². The van der Waals surface area contributed by atoms with Crippen LogP contribution in [-0.4, -0.2) is 18.9 Å². The highest BCUT2D eigenvalue weighted by Gasteiger charge is 2.15. The van der Waals surface area contributed by atoms with E-state index in [2.05, 4.69) is 40.3 Å². The molecule has 2 aromatic rings. The number of carbonyl (C=O) groups is 1. The molecule has 3 rings (SSSR count). The first-order chi connectivity index (χ1) is 11.0. The molecule has 0 atom stereocenters. The number of nitrogens with zero attached hydrogens (tertiary/aromatic N) is 1. The predicted molar refractivity (Wildman–Crippen MR) is 93.7 cm³/mol. The van der Waals surface area contributed by atoms with Gasteiger partial charge >= 0.3 is 0 Å². The molecule has 1 aromatic heterocycles. The summed E-state index contributed by atoms with van der Waals surface area (Å²) in [6, 6.07) is 5.53. The van der Waals surface area contributed by atoms with Gasteiger partial charge in [0.05, 0.1) is 11.8 Å². The van der Waals surface area contributed by atoms with E-state index >= 15 is 0 Å². The van der Waals surface area contributed by atoms with Crippen LogP contribution in [-0.2, 0) is 0 Å². The number of fused-ring (bicyclic) bond motifs is 1. The molecule has 1 amide bonds. The topological polar surface area (TPSA) is 59.9 Å². The molecule has 0 saturated carbocycles. The van der Waals surface area contributed by atoms with Gasteiger partial charge in [0.15, 0.2) is 11.5 Å². The second-order valence-corrected chi connectivity index (χ2v) is 7.12. The summed E-state index contributed by atoms with van der Waals surface area (Å²) in [5.74, 6) is 1.55. The smallest absolute Gasteiger partial charge is 0.272 e. The summed E-state index contributed by atoms with van der Waals surface area (Å²) in [6.45, 7) is 4.42. The third-order valence-corrected chi connectivity index (χ3v) is 5.23. The van der Waals surface area contributed by atoms with E-state index in [1.807, 2.05) is 23.6 Å². The zero-order chi connectivity index (χ0) is 16.4. The fourth-order valence-corrected chi connectivity index (χ4v) is 3.36. The number of rotatable bonds is 4. The molecular formula is C16H15BrN2O3S. The van der Waals surface area contributed by atoms with Crippen molar-refractivity contribution < 1.29 is 14.3 Å². The first kappa shape index (κ1) is 16.0. The Morgan fingerprint density at radius 2 is 2.09 bits per heavy atom. The Morgan fingerprint density at radius 1 is 1.35 bits per heavy atom. The van der Waals surface area contributed by atoms with E-state index in [9.17, 15) is 4.79 Å². The number of ether oxygens (including phenoxy) is 2. The van der Waals surface area contributed by atoms with Crippen molar-refractivity contribution in [2.24, 2.45) is 5.10 Å². The van der Waals surface area contributed by atoms with Gasteiger partial charge in [-0.25, -0.2) is 5.43 Å². The number of halogens is 1. The van der Waals surface area contributed by atoms with Crippen molar-refractivity contribution in [3.05, 3.63) is 44.1 Å². The van der Waals surface area contributed by atoms with E-state index in [1.165, 1.54) is 4.88 Å². The van der Waals surface area contributed by atoms with Crippen molar-refractivity contribution in [2.45, 2.75) is 19.8 Å². The normalized spacial score (nSPS) is 13.0. The Labute approximate surface area is 146 Å². The molecule has 0 saturated heterocycles. The lowest BCUT2D eigenvalue weighted by Gasteiger charge is -2.02. The lowest BCUT2D eigenvalue weighted by molar-refractivity contribution is 0.0955. The van der Waals surface area contributed by atoms with E-state index in [4.69, 9.17) is 9.47 Å². The molecule has 120 valence electrons. The summed E-state index contributed by atoms with van der Waals surface area (Å²) in [5, 5.41) is 5.86. The zero-order valence-electron chi connectivity index (χ0n) is 12.6. The van der Waals surface area contributed by atoms with Crippen molar-refractivity contribution >= 4 is 39.4 Å². The maximum Gasteiger partial charge on any atom is 0.272 e. The second-order valence-electron chi connectivity index (χ2n) is 5.32. The summed E-state index contributed by atoms with van der Waals surface area (Å²) in [7, 11) is 0. The SMILES string of the molecule is CC(C)c1cc(C(=O)N/N=C/c2cc3c(cc2Br)OCO3)cs1. The van der Waals surface area contributed by atoms with Gasteiger partial charge in [0.1, 0.15) is 0 Å². The van der Waals surface area contributed by atoms with E-state index in [0.717, 1.165) is 10.0 Å². The molecule has 0 unspecified atom stereocenters. The van der Waals surface area contributed by atoms with Crippen LogP contribution in [0.3, 0.4) is 0 Å². The Bertz CT molecular complexity index is 771. The maximum absolute atomic E-state index is 12.1. The molecule has 2 heterocycles. The van der Waals surface area contributed by atoms with Crippen LogP contribution in [0.5, 0.6) is 11.5 Å². The first-order valence-corrected chi connectivity index (χ1v) is 8.73. The van der Waals surface area contributed by atoms with Gasteiger partial charge in [-0.1, -0.05) is 13.8 Å². The summed E-state index contributed by atoms with van der Waals surface area (Å²) >= 11 is 5.02. The van der Waals surface area contributed by atoms with Crippen molar-refractivity contribution in [1.29, 1.82) is 0 Å². The fraction of sp³-hybridized carbons (Fsp3) is 0.250. The van der Waals surface area contributed by atoms with Gasteiger partial charge in [-0.05, 0) is 40.0 Å². The number of thiophene rings is 1. The average molecular weight is 395 g/mol. The minimum absolute atomic E-state index is 0.218. The maximum atomic E-state index is 12.1. The van der Waals surface area contributed by atoms with Gasteiger partial charge in [0, 0.05) is 20.3 Å². The average Bonchev–Trinajstić information content (AvgIpc) is 3.15. The van der Waals surface area contributed by atoms with Gasteiger partial charge < -0.3 is 9.47 Å². The highest BCUT2D eigenvalue weighted by molar-refractivity contribution is 9.10. The Balaban J connectivity index is 1.67. The summed E-state index contributed by atoms with van der Waals surface area (Å²) < 4.78 is 11.4. The lowest BCUT2D eigenvalue weighted by Crippen LogP contribution is -2.16. The number of nitrogens with one attached hydrogen (secondary N) is 1. The van der Waals surface area contributed by atoms with Crippen molar-refractivity contribution in [2.75, 3.05) is 6.79 Å². The number of amides is 1. The van der Waals surface area contributed by atoms with Crippen LogP contribution in [0.4, 0.5) is 0 Å². The molecule has 1 aromatic carbocycles. The predicted octanol–water partition coefficient (Wildman–Crippen LogP) is 4.13. The largest absolute Gasteiger partial charge is 0.454 e. The van der Waals surface area contributed by atoms with Crippen LogP contribution in [0.15, 0.2) is 33.2 Å². The van der Waals surface area contributed by atoms with Crippen LogP contribution in [0, 0.1) is 0 Å². The number of hydrogen-bond acceptors (Lipinski definition) is 5. The highest BCUT2D eigenvalue weighted by Crippen LogP contribution is 2.36. The molecule has 1 N–H and O–H groups in total. The first-order valence-electron chi connectivity index (χ1n) is 7.05. The number of hydrazone groups is 1. The van der Waals surface area contributed by atoms with Crippen molar-refractivity contribution in [3.63, 3.8) is 0 Å². The quantitative estimate of drug-likeness (QED) is 0.626. The van der Waals surface area contributed by atoms with E-state index in [-0.39, 0.29) is 12.7 Å². The van der Waals surface area contributed by atoms with Crippen LogP contribution < -0.4 is 14.9 Å². The summed E-state index contributed by atoms with van der Waals surface area (Å²) in [5.41, 5.74) is 3.96. The van der Waals surface area contributed by atoms with Gasteiger partial charge in [-0.2, -0.15) is 5.10 Å². The molecular weight excluding hydrogens is 380 g/mol. The van der Waals surface area contributed by atoms with E-state index in [0.29, 0.717) is 23.0 Å². The molecule has 7 heteroatoms. The molecule has 1 aliphatic heterocycles. The van der Waals surface area contributed by atoms with Crippen LogP contribution >= 0.6 is 27.3 Å². The van der Waals surface area contributed by atoms with E-state index in [1.54, 1.807) is 17.6 Å².